The van der Waals surface area contributed by atoms with Crippen molar-refractivity contribution in [2.45, 2.75) is 19.4 Å². The number of aldehydes is 1. The minimum absolute atomic E-state index is 0.253. The lowest BCUT2D eigenvalue weighted by Gasteiger charge is -2.19. The van der Waals surface area contributed by atoms with Gasteiger partial charge in [0.1, 0.15) is 29.4 Å². The van der Waals surface area contributed by atoms with Gasteiger partial charge in [0.15, 0.2) is 0 Å². The molecule has 0 spiro atoms. The van der Waals surface area contributed by atoms with Crippen molar-refractivity contribution in [1.29, 1.82) is 0 Å². The Bertz CT molecular complexity index is 1600. The van der Waals surface area contributed by atoms with Crippen molar-refractivity contribution in [1.82, 2.24) is 14.9 Å². The minimum Gasteiger partial charge on any atom is -0.495 e. The molecule has 2 aromatic heterocycles. The van der Waals surface area contributed by atoms with Gasteiger partial charge in [0.25, 0.3) is 0 Å². The van der Waals surface area contributed by atoms with Crippen LogP contribution in [0.1, 0.15) is 12.0 Å². The predicted molar refractivity (Wildman–Crippen MR) is 178 cm³/mol. The molecule has 226 valence electrons. The lowest BCUT2D eigenvalue weighted by atomic mass is 10.1. The average Bonchev–Trinajstić information content (AvgIpc) is 3.42. The number of nitrogens with zero attached hydrogens (tertiary/aromatic N) is 3. The summed E-state index contributed by atoms with van der Waals surface area (Å²) in [5.74, 6) is 2.37. The van der Waals surface area contributed by atoms with Crippen LogP contribution in [0.3, 0.4) is 0 Å². The summed E-state index contributed by atoms with van der Waals surface area (Å²) in [6.07, 6.45) is 4.69. The van der Waals surface area contributed by atoms with Crippen LogP contribution in [-0.2, 0) is 4.79 Å². The van der Waals surface area contributed by atoms with E-state index < -0.39 is 0 Å². The minimum atomic E-state index is 0.253. The molecule has 43 heavy (non-hydrogen) atoms. The van der Waals surface area contributed by atoms with Gasteiger partial charge in [0, 0.05) is 48.2 Å². The third-order valence-corrected chi connectivity index (χ3v) is 7.92. The van der Waals surface area contributed by atoms with E-state index in [0.29, 0.717) is 44.9 Å². The van der Waals surface area contributed by atoms with E-state index in [1.165, 1.54) is 6.08 Å². The van der Waals surface area contributed by atoms with Crippen LogP contribution >= 0.6 is 23.2 Å². The van der Waals surface area contributed by atoms with Crippen LogP contribution in [-0.4, -0.2) is 68.6 Å². The molecule has 0 aliphatic carbocycles. The molecule has 2 aromatic carbocycles. The van der Waals surface area contributed by atoms with Gasteiger partial charge in [-0.2, -0.15) is 0 Å². The van der Waals surface area contributed by atoms with Crippen LogP contribution < -0.4 is 25.4 Å². The number of nitrogens with one attached hydrogen (secondary N) is 3. The van der Waals surface area contributed by atoms with Crippen LogP contribution in [0.5, 0.6) is 11.5 Å². The summed E-state index contributed by atoms with van der Waals surface area (Å²) in [6.45, 7) is 7.12. The van der Waals surface area contributed by atoms with Crippen molar-refractivity contribution >= 4 is 63.3 Å². The normalized spacial score (nSPS) is 14.4. The lowest BCUT2D eigenvalue weighted by Crippen LogP contribution is -2.24. The van der Waals surface area contributed by atoms with E-state index >= 15 is 0 Å². The standard InChI is InChI=1S/C29H32Cl2N6O2.C3H4O/c1-16-7-6-8-20(32-2)28(16)36-24-12-19-17(14-33-24)11-21(35-29(19)34-18-9-10-37(3)15-18)25-26(30)22(38-4)13-23(39-5)27(25)31;1-2-3-4/h6-8,11-14,18,32H,9-10,15H2,1-5H3,(H,33,36)(H,34,35);2-3H,1H2. The monoisotopic (exact) mass is 622 g/mol. The van der Waals surface area contributed by atoms with Crippen molar-refractivity contribution < 1.29 is 14.3 Å². The number of likely N-dealkylation sites (tertiary alicyclic amines) is 1. The maximum absolute atomic E-state index is 9.06. The Morgan fingerprint density at radius 1 is 1.12 bits per heavy atom. The number of hydrogen-bond donors (Lipinski definition) is 3. The molecule has 3 heterocycles. The van der Waals surface area contributed by atoms with E-state index in [4.69, 9.17) is 47.4 Å². The Balaban J connectivity index is 0.000000996. The number of methoxy groups -OCH3 is 2. The van der Waals surface area contributed by atoms with Crippen molar-refractivity contribution in [3.05, 3.63) is 70.9 Å². The topological polar surface area (TPSA) is 101 Å². The van der Waals surface area contributed by atoms with Gasteiger partial charge in [0.2, 0.25) is 0 Å². The summed E-state index contributed by atoms with van der Waals surface area (Å²) in [5.41, 5.74) is 4.23. The van der Waals surface area contributed by atoms with Gasteiger partial charge in [-0.3, -0.25) is 4.79 Å². The SMILES string of the molecule is C=CC=O.CNc1cccc(C)c1Nc1cc2c(NC3CCN(C)C3)nc(-c3c(Cl)c(OC)cc(OC)c3Cl)cc2cn1. The number of pyridine rings is 2. The summed E-state index contributed by atoms with van der Waals surface area (Å²) in [4.78, 5) is 21.1. The predicted octanol–water partition coefficient (Wildman–Crippen LogP) is 7.20. The van der Waals surface area contributed by atoms with Crippen molar-refractivity contribution in [3.63, 3.8) is 0 Å². The van der Waals surface area contributed by atoms with Crippen molar-refractivity contribution in [3.8, 4) is 22.8 Å². The number of benzene rings is 2. The second kappa shape index (κ2) is 14.4. The molecule has 9 nitrogen and oxygen atoms in total. The maximum Gasteiger partial charge on any atom is 0.142 e. The fraction of sp³-hybridized carbons (Fsp3) is 0.281. The molecule has 0 radical (unpaired) electrons. The van der Waals surface area contributed by atoms with Gasteiger partial charge >= 0.3 is 0 Å². The second-order valence-electron chi connectivity index (χ2n) is 10.1. The highest BCUT2D eigenvalue weighted by atomic mass is 35.5. The molecule has 0 bridgehead atoms. The van der Waals surface area contributed by atoms with Crippen molar-refractivity contribution in [2.75, 3.05) is 57.4 Å². The number of fused-ring (bicyclic) bond motifs is 1. The van der Waals surface area contributed by atoms with Gasteiger partial charge in [-0.05, 0) is 56.8 Å². The van der Waals surface area contributed by atoms with Crippen molar-refractivity contribution in [2.24, 2.45) is 0 Å². The highest BCUT2D eigenvalue weighted by Gasteiger charge is 2.24. The molecule has 3 N–H and O–H groups in total. The number of ether oxygens (including phenoxy) is 2. The van der Waals surface area contributed by atoms with E-state index in [-0.39, 0.29) is 6.04 Å². The van der Waals surface area contributed by atoms with Gasteiger partial charge in [-0.1, -0.05) is 41.9 Å². The first kappa shape index (κ1) is 31.9. The molecule has 1 saturated heterocycles. The van der Waals surface area contributed by atoms with Crippen LogP contribution in [0, 0.1) is 6.92 Å². The zero-order valence-corrected chi connectivity index (χ0v) is 26.4. The van der Waals surface area contributed by atoms with Crippen LogP contribution in [0.15, 0.2) is 55.3 Å². The molecule has 1 atom stereocenters. The molecule has 5 rings (SSSR count). The number of allylic oxidation sites excluding steroid dienone is 1. The zero-order valence-electron chi connectivity index (χ0n) is 24.9. The summed E-state index contributed by atoms with van der Waals surface area (Å²) in [6, 6.07) is 12.0. The molecule has 0 saturated carbocycles. The van der Waals surface area contributed by atoms with Crippen LogP contribution in [0.4, 0.5) is 23.0 Å². The fourth-order valence-electron chi connectivity index (χ4n) is 4.98. The number of halogens is 2. The first-order valence-electron chi connectivity index (χ1n) is 13.7. The molecular formula is C32H36Cl2N6O3. The number of carbonyl (C=O) groups excluding carboxylic acids is 1. The molecule has 0 amide bonds. The number of likely N-dealkylation sites (N-methyl/N-ethyl adjacent to an activating group) is 1. The molecular weight excluding hydrogens is 587 g/mol. The van der Waals surface area contributed by atoms with Gasteiger partial charge < -0.3 is 30.3 Å². The number of para-hydroxylation sites is 1. The number of aromatic nitrogens is 2. The molecule has 11 heteroatoms. The number of rotatable bonds is 9. The largest absolute Gasteiger partial charge is 0.495 e. The first-order chi connectivity index (χ1) is 20.7. The van der Waals surface area contributed by atoms with E-state index in [9.17, 15) is 0 Å². The summed E-state index contributed by atoms with van der Waals surface area (Å²) in [5, 5.41) is 13.0. The Labute approximate surface area is 262 Å². The summed E-state index contributed by atoms with van der Waals surface area (Å²) >= 11 is 13.5. The Kier molecular flexibility index (Phi) is 10.7. The van der Waals surface area contributed by atoms with Gasteiger partial charge in [-0.25, -0.2) is 9.97 Å². The Hall–Kier alpha value is -4.05. The molecule has 4 aromatic rings. The number of carbonyl (C=O) groups is 1. The highest BCUT2D eigenvalue weighted by molar-refractivity contribution is 6.41. The van der Waals surface area contributed by atoms with E-state index in [1.54, 1.807) is 20.3 Å². The average molecular weight is 624 g/mol. The summed E-state index contributed by atoms with van der Waals surface area (Å²) < 4.78 is 11.0. The molecule has 1 aliphatic heterocycles. The van der Waals surface area contributed by atoms with Gasteiger partial charge in [0.05, 0.1) is 41.3 Å². The fourth-order valence-corrected chi connectivity index (χ4v) is 5.67. The summed E-state index contributed by atoms with van der Waals surface area (Å²) in [7, 11) is 7.15. The third-order valence-electron chi connectivity index (χ3n) is 7.17. The number of aryl methyl sites for hydroxylation is 1. The maximum atomic E-state index is 9.06. The number of hydrogen-bond acceptors (Lipinski definition) is 9. The molecule has 1 unspecified atom stereocenters. The van der Waals surface area contributed by atoms with Gasteiger partial charge in [-0.15, -0.1) is 0 Å². The Morgan fingerprint density at radius 3 is 2.40 bits per heavy atom. The van der Waals surface area contributed by atoms with E-state index in [1.807, 2.05) is 37.5 Å². The smallest absolute Gasteiger partial charge is 0.142 e. The van der Waals surface area contributed by atoms with Crippen LogP contribution in [0.25, 0.3) is 22.0 Å². The quantitative estimate of drug-likeness (QED) is 0.132. The first-order valence-corrected chi connectivity index (χ1v) is 14.5. The van der Waals surface area contributed by atoms with E-state index in [2.05, 4.69) is 47.5 Å². The lowest BCUT2D eigenvalue weighted by molar-refractivity contribution is -0.104. The second-order valence-corrected chi connectivity index (χ2v) is 10.8. The zero-order chi connectivity index (χ0) is 31.1. The van der Waals surface area contributed by atoms with E-state index in [0.717, 1.165) is 53.0 Å². The number of anilines is 4. The Morgan fingerprint density at radius 2 is 1.81 bits per heavy atom. The van der Waals surface area contributed by atoms with Crippen LogP contribution in [0.2, 0.25) is 10.0 Å². The third kappa shape index (κ3) is 7.13. The highest BCUT2D eigenvalue weighted by Crippen LogP contribution is 2.46. The molecule has 1 aliphatic rings. The molecule has 1 fully saturated rings.